The fourth-order valence-electron chi connectivity index (χ4n) is 1.20. The molecule has 0 aliphatic heterocycles. The predicted octanol–water partition coefficient (Wildman–Crippen LogP) is 2.91. The maximum atomic E-state index is 9.67. The molecule has 1 unspecified atom stereocenters. The van der Waals surface area contributed by atoms with Crippen LogP contribution in [-0.2, 0) is 4.84 Å². The van der Waals surface area contributed by atoms with Gasteiger partial charge in [0.25, 0.3) is 0 Å². The van der Waals surface area contributed by atoms with Gasteiger partial charge in [0.15, 0.2) is 0 Å². The number of ether oxygens (including phenoxy) is 1. The summed E-state index contributed by atoms with van der Waals surface area (Å²) in [6.07, 6.45) is -0.665. The zero-order valence-electron chi connectivity index (χ0n) is 11.0. The minimum atomic E-state index is -0.665. The van der Waals surface area contributed by atoms with Crippen molar-refractivity contribution in [1.29, 1.82) is 0 Å². The van der Waals surface area contributed by atoms with Crippen molar-refractivity contribution in [2.24, 2.45) is 5.92 Å². The summed E-state index contributed by atoms with van der Waals surface area (Å²) in [6, 6.07) is 4.96. The minimum Gasteiger partial charge on any atom is -0.491 e. The van der Waals surface area contributed by atoms with E-state index in [1.54, 1.807) is 18.2 Å². The number of rotatable bonds is 8. The molecular formula is C13H19Cl2NO3. The largest absolute Gasteiger partial charge is 0.491 e. The van der Waals surface area contributed by atoms with Gasteiger partial charge in [0, 0.05) is 6.07 Å². The average Bonchev–Trinajstić information content (AvgIpc) is 2.36. The van der Waals surface area contributed by atoms with Crippen molar-refractivity contribution < 1.29 is 14.7 Å². The van der Waals surface area contributed by atoms with Crippen LogP contribution in [0.3, 0.4) is 0 Å². The number of aliphatic hydroxyl groups is 1. The molecule has 0 heterocycles. The van der Waals surface area contributed by atoms with Crippen molar-refractivity contribution >= 4 is 23.2 Å². The molecule has 4 nitrogen and oxygen atoms in total. The Balaban J connectivity index is 2.22. The van der Waals surface area contributed by atoms with Crippen molar-refractivity contribution in [3.63, 3.8) is 0 Å². The Labute approximate surface area is 123 Å². The highest BCUT2D eigenvalue weighted by Gasteiger charge is 2.06. The maximum Gasteiger partial charge on any atom is 0.121 e. The molecule has 2 N–H and O–H groups in total. The van der Waals surface area contributed by atoms with Crippen LogP contribution in [0.15, 0.2) is 18.2 Å². The van der Waals surface area contributed by atoms with Crippen molar-refractivity contribution in [3.05, 3.63) is 28.2 Å². The van der Waals surface area contributed by atoms with Crippen molar-refractivity contribution in [2.45, 2.75) is 20.0 Å². The van der Waals surface area contributed by atoms with Crippen LogP contribution in [-0.4, -0.2) is 31.0 Å². The summed E-state index contributed by atoms with van der Waals surface area (Å²) in [5, 5.41) is 10.6. The molecule has 1 rings (SSSR count). The molecule has 108 valence electrons. The molecule has 0 spiro atoms. The first-order chi connectivity index (χ1) is 8.99. The number of nitrogens with one attached hydrogen (secondary N) is 1. The van der Waals surface area contributed by atoms with Crippen LogP contribution < -0.4 is 10.2 Å². The van der Waals surface area contributed by atoms with Crippen LogP contribution in [0.2, 0.25) is 10.0 Å². The zero-order chi connectivity index (χ0) is 14.3. The number of hydroxylamine groups is 1. The first-order valence-corrected chi connectivity index (χ1v) is 6.85. The molecule has 1 aromatic rings. The van der Waals surface area contributed by atoms with Crippen molar-refractivity contribution in [3.8, 4) is 5.75 Å². The molecule has 0 bridgehead atoms. The van der Waals surface area contributed by atoms with E-state index < -0.39 is 6.10 Å². The highest BCUT2D eigenvalue weighted by molar-refractivity contribution is 6.42. The van der Waals surface area contributed by atoms with Crippen LogP contribution >= 0.6 is 23.2 Å². The second kappa shape index (κ2) is 8.61. The lowest BCUT2D eigenvalue weighted by Crippen LogP contribution is -2.32. The molecule has 0 aromatic heterocycles. The molecule has 0 radical (unpaired) electrons. The van der Waals surface area contributed by atoms with Gasteiger partial charge in [-0.3, -0.25) is 0 Å². The van der Waals surface area contributed by atoms with Crippen LogP contribution in [0.5, 0.6) is 5.75 Å². The van der Waals surface area contributed by atoms with E-state index in [1.807, 2.05) is 13.8 Å². The lowest BCUT2D eigenvalue weighted by atomic mass is 10.2. The summed E-state index contributed by atoms with van der Waals surface area (Å²) < 4.78 is 5.39. The van der Waals surface area contributed by atoms with Gasteiger partial charge in [0.1, 0.15) is 18.5 Å². The number of aliphatic hydroxyl groups excluding tert-OH is 1. The second-order valence-electron chi connectivity index (χ2n) is 4.59. The summed E-state index contributed by atoms with van der Waals surface area (Å²) in [6.45, 7) is 5.14. The van der Waals surface area contributed by atoms with Gasteiger partial charge in [0.2, 0.25) is 0 Å². The van der Waals surface area contributed by atoms with Gasteiger partial charge in [-0.15, -0.1) is 0 Å². The Morgan fingerprint density at radius 1 is 1.21 bits per heavy atom. The maximum absolute atomic E-state index is 9.67. The van der Waals surface area contributed by atoms with Crippen molar-refractivity contribution in [2.75, 3.05) is 19.8 Å². The highest BCUT2D eigenvalue weighted by Crippen LogP contribution is 2.26. The molecule has 6 heteroatoms. The van der Waals surface area contributed by atoms with Gasteiger partial charge >= 0.3 is 0 Å². The molecule has 1 atom stereocenters. The number of benzene rings is 1. The Morgan fingerprint density at radius 2 is 1.95 bits per heavy atom. The lowest BCUT2D eigenvalue weighted by Gasteiger charge is -2.14. The topological polar surface area (TPSA) is 50.7 Å². The van der Waals surface area contributed by atoms with E-state index in [4.69, 9.17) is 32.8 Å². The summed E-state index contributed by atoms with van der Waals surface area (Å²) >= 11 is 11.6. The van der Waals surface area contributed by atoms with Crippen LogP contribution in [0.4, 0.5) is 0 Å². The van der Waals surface area contributed by atoms with E-state index in [0.717, 1.165) is 0 Å². The molecule has 0 aliphatic rings. The smallest absolute Gasteiger partial charge is 0.121 e. The normalized spacial score (nSPS) is 12.7. The first-order valence-electron chi connectivity index (χ1n) is 6.09. The molecular weight excluding hydrogens is 289 g/mol. The van der Waals surface area contributed by atoms with Crippen molar-refractivity contribution in [1.82, 2.24) is 5.48 Å². The Bertz CT molecular complexity index is 388. The lowest BCUT2D eigenvalue weighted by molar-refractivity contribution is -0.00773. The van der Waals surface area contributed by atoms with E-state index in [1.165, 1.54) is 0 Å². The van der Waals surface area contributed by atoms with Gasteiger partial charge in [-0.1, -0.05) is 37.0 Å². The highest BCUT2D eigenvalue weighted by atomic mass is 35.5. The monoisotopic (exact) mass is 307 g/mol. The van der Waals surface area contributed by atoms with Gasteiger partial charge in [-0.25, -0.2) is 0 Å². The summed E-state index contributed by atoms with van der Waals surface area (Å²) in [4.78, 5) is 5.15. The van der Waals surface area contributed by atoms with Crippen LogP contribution in [0, 0.1) is 5.92 Å². The van der Waals surface area contributed by atoms with E-state index in [2.05, 4.69) is 5.48 Å². The Hall–Kier alpha value is -0.520. The van der Waals surface area contributed by atoms with Crippen LogP contribution in [0.25, 0.3) is 0 Å². The van der Waals surface area contributed by atoms with Gasteiger partial charge in [0.05, 0.1) is 23.2 Å². The zero-order valence-corrected chi connectivity index (χ0v) is 12.5. The fraction of sp³-hybridized carbons (Fsp3) is 0.538. The van der Waals surface area contributed by atoms with Crippen LogP contribution in [0.1, 0.15) is 13.8 Å². The third kappa shape index (κ3) is 6.99. The third-order valence-corrected chi connectivity index (χ3v) is 2.91. The molecule has 0 saturated carbocycles. The number of hydrogen-bond acceptors (Lipinski definition) is 4. The van der Waals surface area contributed by atoms with Gasteiger partial charge < -0.3 is 14.7 Å². The average molecular weight is 308 g/mol. The number of halogens is 2. The summed E-state index contributed by atoms with van der Waals surface area (Å²) in [5.74, 6) is 1.01. The summed E-state index contributed by atoms with van der Waals surface area (Å²) in [7, 11) is 0. The van der Waals surface area contributed by atoms with E-state index in [0.29, 0.717) is 34.9 Å². The predicted molar refractivity (Wildman–Crippen MR) is 76.8 cm³/mol. The molecule has 0 saturated heterocycles. The Morgan fingerprint density at radius 3 is 2.58 bits per heavy atom. The summed E-state index contributed by atoms with van der Waals surface area (Å²) in [5.41, 5.74) is 2.70. The van der Waals surface area contributed by atoms with Gasteiger partial charge in [-0.05, 0) is 18.1 Å². The molecule has 0 amide bonds. The first kappa shape index (κ1) is 16.5. The van der Waals surface area contributed by atoms with E-state index >= 15 is 0 Å². The van der Waals surface area contributed by atoms with E-state index in [9.17, 15) is 5.11 Å². The van der Waals surface area contributed by atoms with Gasteiger partial charge in [-0.2, -0.15) is 5.48 Å². The SMILES string of the molecule is CC(C)CONCC(O)COc1ccc(Cl)c(Cl)c1. The fourth-order valence-corrected chi connectivity index (χ4v) is 1.49. The standard InChI is InChI=1S/C13H19Cl2NO3/c1-9(2)7-19-16-6-10(17)8-18-11-3-4-12(14)13(15)5-11/h3-5,9-10,16-17H,6-8H2,1-2H3. The van der Waals surface area contributed by atoms with E-state index in [-0.39, 0.29) is 6.61 Å². The molecule has 1 aromatic carbocycles. The molecule has 0 fully saturated rings. The number of hydrogen-bond donors (Lipinski definition) is 2. The molecule has 0 aliphatic carbocycles. The second-order valence-corrected chi connectivity index (χ2v) is 5.41. The molecule has 19 heavy (non-hydrogen) atoms. The minimum absolute atomic E-state index is 0.149. The Kier molecular flexibility index (Phi) is 7.49. The quantitative estimate of drug-likeness (QED) is 0.573. The third-order valence-electron chi connectivity index (χ3n) is 2.17.